The van der Waals surface area contributed by atoms with Crippen LogP contribution in [0, 0.1) is 19.8 Å². The van der Waals surface area contributed by atoms with Crippen LogP contribution in [0.4, 0.5) is 0 Å². The molecule has 206 valence electrons. The minimum Gasteiger partial charge on any atom is -0.349 e. The Hall–Kier alpha value is -3.98. The van der Waals surface area contributed by atoms with Gasteiger partial charge in [0.1, 0.15) is 0 Å². The summed E-state index contributed by atoms with van der Waals surface area (Å²) in [4.78, 5) is 35.5. The lowest BCUT2D eigenvalue weighted by Crippen LogP contribution is -2.39. The van der Waals surface area contributed by atoms with Crippen LogP contribution in [0.1, 0.15) is 54.4 Å². The first-order valence-electron chi connectivity index (χ1n) is 13.8. The Kier molecular flexibility index (Phi) is 6.92. The smallest absolute Gasteiger partial charge is 0.333 e. The SMILES string of the molecule is CCn1nc2ncc(-n3c(=O)n(C[C@H]4CC[C@H](NC(=O)c5cc(Cl)cnc5C)CC4)c4ccccc43)cc2c1C. The van der Waals surface area contributed by atoms with Gasteiger partial charge in [0, 0.05) is 36.4 Å². The molecule has 1 aliphatic rings. The van der Waals surface area contributed by atoms with Gasteiger partial charge in [-0.3, -0.25) is 23.6 Å². The number of nitrogens with zero attached hydrogens (tertiary/aromatic N) is 6. The molecule has 0 radical (unpaired) electrons. The summed E-state index contributed by atoms with van der Waals surface area (Å²) in [5, 5.41) is 9.12. The van der Waals surface area contributed by atoms with E-state index in [0.717, 1.165) is 60.0 Å². The lowest BCUT2D eigenvalue weighted by atomic mass is 9.85. The molecule has 10 heteroatoms. The van der Waals surface area contributed by atoms with Crippen molar-refractivity contribution in [2.24, 2.45) is 5.92 Å². The predicted molar refractivity (Wildman–Crippen MR) is 156 cm³/mol. The van der Waals surface area contributed by atoms with Crippen LogP contribution >= 0.6 is 11.6 Å². The molecule has 1 aromatic carbocycles. The molecule has 0 unspecified atom stereocenters. The van der Waals surface area contributed by atoms with Crippen molar-refractivity contribution in [3.05, 3.63) is 81.3 Å². The third kappa shape index (κ3) is 4.68. The van der Waals surface area contributed by atoms with Crippen LogP contribution in [0.5, 0.6) is 0 Å². The normalized spacial score (nSPS) is 17.5. The van der Waals surface area contributed by atoms with E-state index < -0.39 is 0 Å². The van der Waals surface area contributed by atoms with Crippen molar-refractivity contribution in [2.45, 2.75) is 65.6 Å². The Labute approximate surface area is 236 Å². The highest BCUT2D eigenvalue weighted by atomic mass is 35.5. The summed E-state index contributed by atoms with van der Waals surface area (Å²) in [6.45, 7) is 7.29. The van der Waals surface area contributed by atoms with Gasteiger partial charge in [-0.15, -0.1) is 0 Å². The molecular formula is C30H32ClN7O2. The number of para-hydroxylation sites is 2. The standard InChI is InChI=1S/C30H32ClN7O2/c1-4-37-19(3)25-14-23(16-33-28(25)35-37)38-27-8-6-5-7-26(27)36(30(38)40)17-20-9-11-22(12-10-20)34-29(39)24-13-21(31)15-32-18(24)2/h5-8,13-16,20,22H,4,9-12,17H2,1-3H3,(H,34,39)/t20-,22-. The minimum absolute atomic E-state index is 0.0674. The number of benzene rings is 1. The van der Waals surface area contributed by atoms with Crippen LogP contribution in [-0.2, 0) is 13.1 Å². The molecule has 5 aromatic rings. The number of aryl methyl sites for hydroxylation is 3. The van der Waals surface area contributed by atoms with E-state index in [9.17, 15) is 9.59 Å². The van der Waals surface area contributed by atoms with E-state index in [-0.39, 0.29) is 17.6 Å². The largest absolute Gasteiger partial charge is 0.349 e. The number of pyridine rings is 2. The number of carbonyl (C=O) groups excluding carboxylic acids is 1. The average Bonchev–Trinajstić information content (AvgIpc) is 3.43. The Morgan fingerprint density at radius 2 is 1.80 bits per heavy atom. The van der Waals surface area contributed by atoms with Gasteiger partial charge in [0.2, 0.25) is 0 Å². The quantitative estimate of drug-likeness (QED) is 0.309. The van der Waals surface area contributed by atoms with Gasteiger partial charge in [-0.25, -0.2) is 9.78 Å². The molecule has 0 aliphatic heterocycles. The molecule has 0 bridgehead atoms. The molecule has 1 aliphatic carbocycles. The highest BCUT2D eigenvalue weighted by Gasteiger charge is 2.26. The first-order valence-corrected chi connectivity index (χ1v) is 14.2. The number of aromatic nitrogens is 6. The van der Waals surface area contributed by atoms with Crippen LogP contribution in [-0.4, -0.2) is 40.8 Å². The number of imidazole rings is 1. The molecule has 0 saturated heterocycles. The van der Waals surface area contributed by atoms with Crippen molar-refractivity contribution < 1.29 is 4.79 Å². The van der Waals surface area contributed by atoms with E-state index in [4.69, 9.17) is 11.6 Å². The molecule has 1 saturated carbocycles. The molecule has 9 nitrogen and oxygen atoms in total. The maximum absolute atomic E-state index is 13.9. The van der Waals surface area contributed by atoms with Crippen LogP contribution in [0.3, 0.4) is 0 Å². The first kappa shape index (κ1) is 26.3. The number of halogens is 1. The Morgan fingerprint density at radius 3 is 2.55 bits per heavy atom. The third-order valence-electron chi connectivity index (χ3n) is 8.16. The molecule has 1 fully saturated rings. The Balaban J connectivity index is 1.22. The lowest BCUT2D eigenvalue weighted by molar-refractivity contribution is 0.0919. The fourth-order valence-electron chi connectivity index (χ4n) is 5.93. The maximum Gasteiger partial charge on any atom is 0.333 e. The highest BCUT2D eigenvalue weighted by molar-refractivity contribution is 6.30. The molecule has 0 atom stereocenters. The minimum atomic E-state index is -0.138. The molecule has 40 heavy (non-hydrogen) atoms. The van der Waals surface area contributed by atoms with Crippen LogP contribution in [0.25, 0.3) is 27.8 Å². The second kappa shape index (κ2) is 10.5. The second-order valence-corrected chi connectivity index (χ2v) is 11.1. The molecule has 0 spiro atoms. The summed E-state index contributed by atoms with van der Waals surface area (Å²) in [7, 11) is 0. The van der Waals surface area contributed by atoms with E-state index >= 15 is 0 Å². The van der Waals surface area contributed by atoms with Crippen molar-refractivity contribution in [3.8, 4) is 5.69 Å². The monoisotopic (exact) mass is 557 g/mol. The lowest BCUT2D eigenvalue weighted by Gasteiger charge is -2.29. The van der Waals surface area contributed by atoms with Gasteiger partial charge in [0.15, 0.2) is 5.65 Å². The second-order valence-electron chi connectivity index (χ2n) is 10.7. The fourth-order valence-corrected chi connectivity index (χ4v) is 6.09. The Bertz CT molecular complexity index is 1790. The topological polar surface area (TPSA) is 99.6 Å². The number of amides is 1. The molecule has 1 N–H and O–H groups in total. The van der Waals surface area contributed by atoms with Crippen LogP contribution in [0.2, 0.25) is 5.02 Å². The van der Waals surface area contributed by atoms with Gasteiger partial charge < -0.3 is 5.32 Å². The Morgan fingerprint density at radius 1 is 1.05 bits per heavy atom. The highest BCUT2D eigenvalue weighted by Crippen LogP contribution is 2.28. The van der Waals surface area contributed by atoms with Crippen molar-refractivity contribution in [3.63, 3.8) is 0 Å². The summed E-state index contributed by atoms with van der Waals surface area (Å²) < 4.78 is 5.59. The molecule has 1 amide bonds. The van der Waals surface area contributed by atoms with Gasteiger partial charge in [-0.05, 0) is 76.6 Å². The summed E-state index contributed by atoms with van der Waals surface area (Å²) in [6.07, 6.45) is 6.85. The zero-order chi connectivity index (χ0) is 28.0. The van der Waals surface area contributed by atoms with E-state index in [1.165, 1.54) is 0 Å². The zero-order valence-corrected chi connectivity index (χ0v) is 23.6. The first-order chi connectivity index (χ1) is 19.3. The zero-order valence-electron chi connectivity index (χ0n) is 22.9. The van der Waals surface area contributed by atoms with E-state index in [1.54, 1.807) is 23.0 Å². The van der Waals surface area contributed by atoms with Crippen LogP contribution < -0.4 is 11.0 Å². The molecule has 4 aromatic heterocycles. The van der Waals surface area contributed by atoms with Gasteiger partial charge >= 0.3 is 5.69 Å². The summed E-state index contributed by atoms with van der Waals surface area (Å²) >= 11 is 6.06. The van der Waals surface area contributed by atoms with Crippen molar-refractivity contribution in [1.29, 1.82) is 0 Å². The van der Waals surface area contributed by atoms with Gasteiger partial charge in [-0.2, -0.15) is 5.10 Å². The number of carbonyl (C=O) groups is 1. The molecule has 4 heterocycles. The van der Waals surface area contributed by atoms with Gasteiger partial charge in [-0.1, -0.05) is 23.7 Å². The average molecular weight is 558 g/mol. The van der Waals surface area contributed by atoms with Crippen molar-refractivity contribution >= 4 is 39.6 Å². The van der Waals surface area contributed by atoms with Crippen molar-refractivity contribution in [1.82, 2.24) is 34.2 Å². The predicted octanol–water partition coefficient (Wildman–Crippen LogP) is 5.21. The van der Waals surface area contributed by atoms with Gasteiger partial charge in [0.25, 0.3) is 5.91 Å². The van der Waals surface area contributed by atoms with E-state index in [1.807, 2.05) is 53.4 Å². The summed E-state index contributed by atoms with van der Waals surface area (Å²) in [5.41, 5.74) is 5.34. The molecule has 6 rings (SSSR count). The number of fused-ring (bicyclic) bond motifs is 2. The van der Waals surface area contributed by atoms with E-state index in [2.05, 4.69) is 27.3 Å². The van der Waals surface area contributed by atoms with Gasteiger partial charge in [0.05, 0.1) is 39.2 Å². The number of hydrogen-bond donors (Lipinski definition) is 1. The number of rotatable bonds is 6. The number of nitrogens with one attached hydrogen (secondary N) is 1. The third-order valence-corrected chi connectivity index (χ3v) is 8.37. The van der Waals surface area contributed by atoms with Crippen LogP contribution in [0.15, 0.2) is 53.6 Å². The summed E-state index contributed by atoms with van der Waals surface area (Å²) in [5.74, 6) is 0.200. The fraction of sp³-hybridized carbons (Fsp3) is 0.367. The summed E-state index contributed by atoms with van der Waals surface area (Å²) in [6, 6.07) is 11.7. The van der Waals surface area contributed by atoms with E-state index in [0.29, 0.717) is 34.4 Å². The maximum atomic E-state index is 13.9. The molecular weight excluding hydrogens is 526 g/mol. The number of hydrogen-bond acceptors (Lipinski definition) is 5. The van der Waals surface area contributed by atoms with Crippen molar-refractivity contribution in [2.75, 3.05) is 0 Å².